The molecule has 24 heavy (non-hydrogen) atoms. The van der Waals surface area contributed by atoms with Crippen LogP contribution in [-0.2, 0) is 16.0 Å². The molecule has 1 fully saturated rings. The third-order valence-corrected chi connectivity index (χ3v) is 4.63. The van der Waals surface area contributed by atoms with Gasteiger partial charge in [0.05, 0.1) is 6.61 Å². The largest absolute Gasteiger partial charge is 0.381 e. The first-order chi connectivity index (χ1) is 11.3. The molecule has 136 valence electrons. The molecule has 1 aromatic carbocycles. The van der Waals surface area contributed by atoms with Crippen molar-refractivity contribution < 1.29 is 9.53 Å². The van der Waals surface area contributed by atoms with Crippen LogP contribution in [0.3, 0.4) is 0 Å². The molecule has 2 unspecified atom stereocenters. The molecule has 1 aliphatic rings. The molecule has 2 rings (SSSR count). The normalized spacial score (nSPS) is 20.2. The molecule has 0 bridgehead atoms. The predicted octanol–water partition coefficient (Wildman–Crippen LogP) is 3.08. The molecule has 0 radical (unpaired) electrons. The summed E-state index contributed by atoms with van der Waals surface area (Å²) in [5.41, 5.74) is 7.09. The fourth-order valence-electron chi connectivity index (χ4n) is 3.23. The maximum absolute atomic E-state index is 12.0. The van der Waals surface area contributed by atoms with Gasteiger partial charge in [0.2, 0.25) is 5.91 Å². The van der Waals surface area contributed by atoms with E-state index in [2.05, 4.69) is 17.4 Å². The van der Waals surface area contributed by atoms with Gasteiger partial charge in [0.1, 0.15) is 0 Å². The number of halogens is 1. The molecule has 0 aromatic heterocycles. The lowest BCUT2D eigenvalue weighted by atomic mass is 9.84. The summed E-state index contributed by atoms with van der Waals surface area (Å²) in [6.07, 6.45) is 6.89. The quantitative estimate of drug-likeness (QED) is 0.670. The Bertz CT molecular complexity index is 456. The Labute approximate surface area is 151 Å². The zero-order chi connectivity index (χ0) is 16.3. The average Bonchev–Trinajstić information content (AvgIpc) is 2.59. The third-order valence-electron chi connectivity index (χ3n) is 4.63. The number of amides is 1. The molecule has 0 spiro atoms. The number of carbonyl (C=O) groups is 1. The van der Waals surface area contributed by atoms with Crippen molar-refractivity contribution in [3.8, 4) is 0 Å². The van der Waals surface area contributed by atoms with Gasteiger partial charge in [0, 0.05) is 19.1 Å². The number of benzene rings is 1. The van der Waals surface area contributed by atoms with Crippen LogP contribution >= 0.6 is 12.4 Å². The summed E-state index contributed by atoms with van der Waals surface area (Å²) in [4.78, 5) is 12.0. The number of ether oxygens (including phenoxy) is 1. The lowest BCUT2D eigenvalue weighted by Gasteiger charge is -2.31. The fourth-order valence-corrected chi connectivity index (χ4v) is 3.23. The van der Waals surface area contributed by atoms with Gasteiger partial charge in [0.25, 0.3) is 0 Å². The van der Waals surface area contributed by atoms with E-state index in [1.54, 1.807) is 0 Å². The van der Waals surface area contributed by atoms with Crippen LogP contribution < -0.4 is 11.1 Å². The Hall–Kier alpha value is -1.10. The topological polar surface area (TPSA) is 64.3 Å². The molecule has 5 heteroatoms. The Balaban J connectivity index is 0.00000288. The summed E-state index contributed by atoms with van der Waals surface area (Å²) in [6.45, 7) is 2.03. The van der Waals surface area contributed by atoms with Crippen LogP contribution in [0.4, 0.5) is 0 Å². The van der Waals surface area contributed by atoms with Crippen LogP contribution in [0.1, 0.15) is 44.1 Å². The Morgan fingerprint density at radius 2 is 1.92 bits per heavy atom. The van der Waals surface area contributed by atoms with E-state index in [0.29, 0.717) is 32.1 Å². The van der Waals surface area contributed by atoms with Gasteiger partial charge in [-0.15, -0.1) is 12.4 Å². The summed E-state index contributed by atoms with van der Waals surface area (Å²) < 4.78 is 5.62. The Kier molecular flexibility index (Phi) is 10.7. The lowest BCUT2D eigenvalue weighted by Crippen LogP contribution is -2.44. The van der Waals surface area contributed by atoms with E-state index in [-0.39, 0.29) is 24.4 Å². The van der Waals surface area contributed by atoms with Crippen molar-refractivity contribution in [2.24, 2.45) is 11.7 Å². The van der Waals surface area contributed by atoms with Crippen LogP contribution in [0.2, 0.25) is 0 Å². The number of hydrogen-bond acceptors (Lipinski definition) is 3. The summed E-state index contributed by atoms with van der Waals surface area (Å²) in [5, 5.41) is 3.16. The van der Waals surface area contributed by atoms with E-state index in [1.165, 1.54) is 18.4 Å². The first-order valence-corrected chi connectivity index (χ1v) is 8.90. The number of nitrogens with one attached hydrogen (secondary N) is 1. The highest BCUT2D eigenvalue weighted by Gasteiger charge is 2.24. The van der Waals surface area contributed by atoms with E-state index in [4.69, 9.17) is 10.5 Å². The summed E-state index contributed by atoms with van der Waals surface area (Å²) >= 11 is 0. The monoisotopic (exact) mass is 354 g/mol. The van der Waals surface area contributed by atoms with Crippen molar-refractivity contribution in [1.82, 2.24) is 5.32 Å². The molecule has 2 atom stereocenters. The van der Waals surface area contributed by atoms with Crippen molar-refractivity contribution in [1.29, 1.82) is 0 Å². The lowest BCUT2D eigenvalue weighted by molar-refractivity contribution is -0.122. The minimum atomic E-state index is 0. The minimum absolute atomic E-state index is 0. The molecule has 0 saturated heterocycles. The van der Waals surface area contributed by atoms with Crippen LogP contribution in [0, 0.1) is 5.92 Å². The van der Waals surface area contributed by atoms with Gasteiger partial charge in [-0.3, -0.25) is 4.79 Å². The zero-order valence-corrected chi connectivity index (χ0v) is 15.2. The van der Waals surface area contributed by atoms with Gasteiger partial charge in [-0.2, -0.15) is 0 Å². The van der Waals surface area contributed by atoms with Crippen molar-refractivity contribution in [2.45, 2.75) is 51.0 Å². The molecule has 0 heterocycles. The van der Waals surface area contributed by atoms with Crippen molar-refractivity contribution in [3.05, 3.63) is 35.9 Å². The van der Waals surface area contributed by atoms with Crippen molar-refractivity contribution >= 4 is 18.3 Å². The number of nitrogens with two attached hydrogens (primary N) is 1. The van der Waals surface area contributed by atoms with E-state index < -0.39 is 0 Å². The Morgan fingerprint density at radius 3 is 2.67 bits per heavy atom. The molecule has 1 aliphatic carbocycles. The van der Waals surface area contributed by atoms with Crippen LogP contribution in [-0.4, -0.2) is 31.7 Å². The molecule has 0 aliphatic heterocycles. The fraction of sp³-hybridized carbons (Fsp3) is 0.632. The third kappa shape index (κ3) is 7.65. The second-order valence-corrected chi connectivity index (χ2v) is 6.41. The summed E-state index contributed by atoms with van der Waals surface area (Å²) in [7, 11) is 0. The van der Waals surface area contributed by atoms with Crippen molar-refractivity contribution in [2.75, 3.05) is 19.8 Å². The van der Waals surface area contributed by atoms with E-state index in [0.717, 1.165) is 25.7 Å². The second-order valence-electron chi connectivity index (χ2n) is 6.41. The molecule has 1 saturated carbocycles. The van der Waals surface area contributed by atoms with Gasteiger partial charge in [-0.25, -0.2) is 0 Å². The summed E-state index contributed by atoms with van der Waals surface area (Å²) in [5.74, 6) is 0.594. The highest BCUT2D eigenvalue weighted by Crippen LogP contribution is 2.23. The molecular weight excluding hydrogens is 324 g/mol. The van der Waals surface area contributed by atoms with E-state index in [1.807, 2.05) is 18.2 Å². The second kappa shape index (κ2) is 12.3. The summed E-state index contributed by atoms with van der Waals surface area (Å²) in [6, 6.07) is 10.6. The van der Waals surface area contributed by atoms with Crippen LogP contribution in [0.15, 0.2) is 30.3 Å². The van der Waals surface area contributed by atoms with Gasteiger partial charge in [0.15, 0.2) is 0 Å². The molecule has 4 nitrogen and oxygen atoms in total. The smallest absolute Gasteiger partial charge is 0.220 e. The number of rotatable bonds is 9. The molecule has 3 N–H and O–H groups in total. The highest BCUT2D eigenvalue weighted by molar-refractivity contribution is 5.85. The predicted molar refractivity (Wildman–Crippen MR) is 100 cm³/mol. The van der Waals surface area contributed by atoms with Gasteiger partial charge in [-0.1, -0.05) is 43.2 Å². The van der Waals surface area contributed by atoms with Gasteiger partial charge in [-0.05, 0) is 43.7 Å². The molecule has 1 amide bonds. The van der Waals surface area contributed by atoms with E-state index >= 15 is 0 Å². The molecular formula is C19H31ClN2O2. The van der Waals surface area contributed by atoms with Gasteiger partial charge >= 0.3 is 0 Å². The number of hydrogen-bond donors (Lipinski definition) is 2. The standard InChI is InChI=1S/C19H30N2O2.ClH/c20-15-17-9-4-5-10-18(17)21-19(22)11-6-13-23-14-12-16-7-2-1-3-8-16;/h1-3,7-8,17-18H,4-6,9-15,20H2,(H,21,22);1H. The van der Waals surface area contributed by atoms with E-state index in [9.17, 15) is 4.79 Å². The minimum Gasteiger partial charge on any atom is -0.381 e. The van der Waals surface area contributed by atoms with Crippen molar-refractivity contribution in [3.63, 3.8) is 0 Å². The first kappa shape index (κ1) is 20.9. The number of carbonyl (C=O) groups excluding carboxylic acids is 1. The Morgan fingerprint density at radius 1 is 1.17 bits per heavy atom. The first-order valence-electron chi connectivity index (χ1n) is 8.90. The van der Waals surface area contributed by atoms with Crippen LogP contribution in [0.25, 0.3) is 0 Å². The average molecular weight is 355 g/mol. The SMILES string of the molecule is Cl.NCC1CCCCC1NC(=O)CCCOCCc1ccccc1. The van der Waals surface area contributed by atoms with Gasteiger partial charge < -0.3 is 15.8 Å². The maximum Gasteiger partial charge on any atom is 0.220 e. The molecule has 1 aromatic rings. The zero-order valence-electron chi connectivity index (χ0n) is 14.4. The maximum atomic E-state index is 12.0. The van der Waals surface area contributed by atoms with Crippen LogP contribution in [0.5, 0.6) is 0 Å². The highest BCUT2D eigenvalue weighted by atomic mass is 35.5.